The number of thiophene rings is 1. The van der Waals surface area contributed by atoms with E-state index in [2.05, 4.69) is 10.9 Å². The molecule has 0 aromatic carbocycles. The van der Waals surface area contributed by atoms with E-state index < -0.39 is 11.8 Å². The molecular formula is C12H13N3O4S. The van der Waals surface area contributed by atoms with Crippen LogP contribution in [0.5, 0.6) is 0 Å². The normalized spacial score (nSPS) is 14.5. The maximum Gasteiger partial charge on any atom is 0.279 e. The van der Waals surface area contributed by atoms with E-state index in [4.69, 9.17) is 0 Å². The van der Waals surface area contributed by atoms with E-state index in [1.807, 2.05) is 0 Å². The first kappa shape index (κ1) is 14.2. The zero-order valence-electron chi connectivity index (χ0n) is 10.5. The molecule has 0 unspecified atom stereocenters. The smallest absolute Gasteiger partial charge is 0.279 e. The minimum Gasteiger partial charge on any atom is -0.282 e. The van der Waals surface area contributed by atoms with Crippen molar-refractivity contribution in [1.82, 2.24) is 15.8 Å². The van der Waals surface area contributed by atoms with Crippen LogP contribution in [0.25, 0.3) is 0 Å². The number of nitrogens with one attached hydrogen (secondary N) is 2. The number of hydrogen-bond donors (Lipinski definition) is 2. The highest BCUT2D eigenvalue weighted by Crippen LogP contribution is 2.11. The van der Waals surface area contributed by atoms with Gasteiger partial charge in [0.05, 0.1) is 4.88 Å². The molecule has 2 N–H and O–H groups in total. The van der Waals surface area contributed by atoms with Crippen molar-refractivity contribution in [2.75, 3.05) is 6.54 Å². The van der Waals surface area contributed by atoms with Crippen molar-refractivity contribution in [3.05, 3.63) is 22.4 Å². The summed E-state index contributed by atoms with van der Waals surface area (Å²) in [7, 11) is 0. The molecule has 4 amide bonds. The molecule has 1 aromatic heterocycles. The van der Waals surface area contributed by atoms with E-state index in [1.165, 1.54) is 11.3 Å². The molecule has 2 heterocycles. The number of amides is 4. The van der Waals surface area contributed by atoms with Crippen LogP contribution in [0.2, 0.25) is 0 Å². The fourth-order valence-electron chi connectivity index (χ4n) is 1.74. The van der Waals surface area contributed by atoms with Crippen LogP contribution in [0.4, 0.5) is 0 Å². The highest BCUT2D eigenvalue weighted by Gasteiger charge is 2.28. The highest BCUT2D eigenvalue weighted by atomic mass is 32.1. The average molecular weight is 295 g/mol. The summed E-state index contributed by atoms with van der Waals surface area (Å²) in [4.78, 5) is 47.3. The fraction of sp³-hybridized carbons (Fsp3) is 0.333. The Hall–Kier alpha value is -2.22. The number of hydrazine groups is 1. The lowest BCUT2D eigenvalue weighted by Crippen LogP contribution is -2.43. The highest BCUT2D eigenvalue weighted by molar-refractivity contribution is 7.12. The lowest BCUT2D eigenvalue weighted by Gasteiger charge is -2.13. The maximum absolute atomic E-state index is 11.5. The summed E-state index contributed by atoms with van der Waals surface area (Å²) in [6, 6.07) is 3.36. The van der Waals surface area contributed by atoms with Gasteiger partial charge < -0.3 is 0 Å². The molecule has 0 aliphatic carbocycles. The van der Waals surface area contributed by atoms with Crippen molar-refractivity contribution in [3.8, 4) is 0 Å². The number of carbonyl (C=O) groups is 4. The third-order valence-corrected chi connectivity index (χ3v) is 3.65. The van der Waals surface area contributed by atoms with Gasteiger partial charge in [0.25, 0.3) is 5.91 Å². The Kier molecular flexibility index (Phi) is 4.46. The van der Waals surface area contributed by atoms with Crippen molar-refractivity contribution in [2.45, 2.75) is 19.3 Å². The topological polar surface area (TPSA) is 95.6 Å². The molecule has 1 aromatic rings. The van der Waals surface area contributed by atoms with Gasteiger partial charge in [-0.1, -0.05) is 6.07 Å². The van der Waals surface area contributed by atoms with E-state index in [-0.39, 0.29) is 37.6 Å². The summed E-state index contributed by atoms with van der Waals surface area (Å²) in [5, 5.41) is 1.75. The lowest BCUT2D eigenvalue weighted by molar-refractivity contribution is -0.138. The number of hydrogen-bond acceptors (Lipinski definition) is 5. The van der Waals surface area contributed by atoms with Gasteiger partial charge >= 0.3 is 0 Å². The molecule has 20 heavy (non-hydrogen) atoms. The predicted octanol–water partition coefficient (Wildman–Crippen LogP) is 0.0482. The van der Waals surface area contributed by atoms with E-state index in [1.54, 1.807) is 17.5 Å². The second-order valence-corrected chi connectivity index (χ2v) is 5.12. The van der Waals surface area contributed by atoms with Crippen molar-refractivity contribution < 1.29 is 19.2 Å². The second kappa shape index (κ2) is 6.29. The Morgan fingerprint density at radius 1 is 1.20 bits per heavy atom. The molecule has 1 fully saturated rings. The fourth-order valence-corrected chi connectivity index (χ4v) is 2.36. The molecule has 1 aliphatic rings. The molecule has 8 heteroatoms. The van der Waals surface area contributed by atoms with Gasteiger partial charge in [-0.25, -0.2) is 0 Å². The first-order valence-electron chi connectivity index (χ1n) is 6.04. The van der Waals surface area contributed by atoms with Gasteiger partial charge in [-0.3, -0.25) is 34.9 Å². The van der Waals surface area contributed by atoms with E-state index in [0.29, 0.717) is 4.88 Å². The number of imide groups is 1. The van der Waals surface area contributed by atoms with Crippen molar-refractivity contribution in [2.24, 2.45) is 0 Å². The number of nitrogens with zero attached hydrogens (tertiary/aromatic N) is 1. The van der Waals surface area contributed by atoms with Gasteiger partial charge in [0.15, 0.2) is 0 Å². The van der Waals surface area contributed by atoms with Crippen LogP contribution in [0.1, 0.15) is 28.9 Å². The van der Waals surface area contributed by atoms with Crippen LogP contribution in [0.3, 0.4) is 0 Å². The summed E-state index contributed by atoms with van der Waals surface area (Å²) in [6.45, 7) is 0.0401. The van der Waals surface area contributed by atoms with Crippen LogP contribution in [0.15, 0.2) is 17.5 Å². The van der Waals surface area contributed by atoms with Crippen molar-refractivity contribution in [3.63, 3.8) is 0 Å². The standard InChI is InChI=1S/C12H13N3O4S/c16-9(5-6-15-10(17)3-4-11(15)18)13-14-12(19)8-2-1-7-20-8/h1-2,7H,3-6H2,(H,13,16)(H,14,19). The number of rotatable bonds is 4. The average Bonchev–Trinajstić information content (AvgIpc) is 3.05. The molecule has 0 atom stereocenters. The van der Waals surface area contributed by atoms with E-state index in [9.17, 15) is 19.2 Å². The van der Waals surface area contributed by atoms with Crippen LogP contribution in [-0.2, 0) is 14.4 Å². The summed E-state index contributed by atoms with van der Waals surface area (Å²) in [5.41, 5.74) is 4.51. The third-order valence-electron chi connectivity index (χ3n) is 2.78. The van der Waals surface area contributed by atoms with Crippen LogP contribution < -0.4 is 10.9 Å². The SMILES string of the molecule is O=C(CCN1C(=O)CCC1=O)NNC(=O)c1cccs1. The molecule has 0 saturated carbocycles. The minimum absolute atomic E-state index is 0.0395. The number of carbonyl (C=O) groups excluding carboxylic acids is 4. The zero-order chi connectivity index (χ0) is 14.5. The van der Waals surface area contributed by atoms with E-state index in [0.717, 1.165) is 4.90 Å². The van der Waals surface area contributed by atoms with Gasteiger partial charge in [0.2, 0.25) is 17.7 Å². The largest absolute Gasteiger partial charge is 0.282 e. The zero-order valence-corrected chi connectivity index (χ0v) is 11.4. The first-order chi connectivity index (χ1) is 9.58. The van der Waals surface area contributed by atoms with Crippen molar-refractivity contribution >= 4 is 35.0 Å². The quantitative estimate of drug-likeness (QED) is 0.606. The van der Waals surface area contributed by atoms with Gasteiger partial charge in [0.1, 0.15) is 0 Å². The minimum atomic E-state index is -0.456. The predicted molar refractivity (Wildman–Crippen MR) is 70.5 cm³/mol. The molecule has 0 bridgehead atoms. The van der Waals surface area contributed by atoms with Gasteiger partial charge in [-0.15, -0.1) is 11.3 Å². The first-order valence-corrected chi connectivity index (χ1v) is 6.92. The number of likely N-dealkylation sites (tertiary alicyclic amines) is 1. The Balaban J connectivity index is 1.72. The van der Waals surface area contributed by atoms with E-state index >= 15 is 0 Å². The molecular weight excluding hydrogens is 282 g/mol. The van der Waals surface area contributed by atoms with Crippen LogP contribution in [0, 0.1) is 0 Å². The summed E-state index contributed by atoms with van der Waals surface area (Å²) in [6.07, 6.45) is 0.368. The lowest BCUT2D eigenvalue weighted by atomic mass is 10.4. The Morgan fingerprint density at radius 3 is 2.50 bits per heavy atom. The van der Waals surface area contributed by atoms with Gasteiger partial charge in [0, 0.05) is 25.8 Å². The molecule has 2 rings (SSSR count). The maximum atomic E-state index is 11.5. The molecule has 7 nitrogen and oxygen atoms in total. The van der Waals surface area contributed by atoms with Crippen LogP contribution >= 0.6 is 11.3 Å². The molecule has 106 valence electrons. The Bertz CT molecular complexity index is 525. The molecule has 1 saturated heterocycles. The monoisotopic (exact) mass is 295 g/mol. The molecule has 0 radical (unpaired) electrons. The molecule has 1 aliphatic heterocycles. The summed E-state index contributed by atoms with van der Waals surface area (Å²) >= 11 is 1.26. The van der Waals surface area contributed by atoms with Gasteiger partial charge in [-0.05, 0) is 11.4 Å². The second-order valence-electron chi connectivity index (χ2n) is 4.17. The van der Waals surface area contributed by atoms with Crippen molar-refractivity contribution in [1.29, 1.82) is 0 Å². The summed E-state index contributed by atoms with van der Waals surface area (Å²) in [5.74, 6) is -1.38. The Labute approximate surface area is 118 Å². The van der Waals surface area contributed by atoms with Gasteiger partial charge in [-0.2, -0.15) is 0 Å². The van der Waals surface area contributed by atoms with Crippen LogP contribution in [-0.4, -0.2) is 35.1 Å². The summed E-state index contributed by atoms with van der Waals surface area (Å²) < 4.78 is 0. The Morgan fingerprint density at radius 2 is 1.90 bits per heavy atom. The third kappa shape index (κ3) is 3.41. The molecule has 0 spiro atoms.